The van der Waals surface area contributed by atoms with Crippen molar-refractivity contribution in [1.82, 2.24) is 0 Å². The molecule has 0 fully saturated rings. The topological polar surface area (TPSA) is 68.3 Å². The Morgan fingerprint density at radius 1 is 0.520 bits per heavy atom. The second kappa shape index (κ2) is 24.1. The van der Waals surface area contributed by atoms with Gasteiger partial charge >= 0.3 is 50.3 Å². The molecule has 0 saturated carbocycles. The molecule has 2 aromatic rings. The molecule has 2 rings (SSSR count). The number of anilines is 2. The maximum absolute atomic E-state index is 8.55. The summed E-state index contributed by atoms with van der Waals surface area (Å²) in [7, 11) is 0. The van der Waals surface area contributed by atoms with Crippen molar-refractivity contribution in [1.29, 1.82) is 10.8 Å². The molecule has 0 heterocycles. The molecule has 0 aliphatic rings. The summed E-state index contributed by atoms with van der Waals surface area (Å²) in [6, 6.07) is 14.0. The van der Waals surface area contributed by atoms with E-state index >= 15 is 0 Å². The molecule has 0 aromatic heterocycles. The Hall–Kier alpha value is 0.0668. The van der Waals surface area contributed by atoms with Gasteiger partial charge in [-0.25, -0.2) is 0 Å². The van der Waals surface area contributed by atoms with Crippen LogP contribution in [0.2, 0.25) is 0 Å². The van der Waals surface area contributed by atoms with Crippen LogP contribution in [0.5, 0.6) is 0 Å². The molecule has 0 unspecified atom stereocenters. The van der Waals surface area contributed by atoms with Gasteiger partial charge in [-0.1, -0.05) is 0 Å². The Morgan fingerprint density at radius 2 is 0.760 bits per heavy atom. The summed E-state index contributed by atoms with van der Waals surface area (Å²) in [5.74, 6) is 0. The van der Waals surface area contributed by atoms with Gasteiger partial charge < -0.3 is 79.8 Å². The zero-order valence-electron chi connectivity index (χ0n) is 12.6. The number of hydrogen-bond acceptors (Lipinski definition) is 3. The third-order valence-corrected chi connectivity index (χ3v) is 2.25. The van der Waals surface area contributed by atoms with Gasteiger partial charge in [-0.15, -0.1) is 0 Å². The SMILES string of the molecule is N#[N+]c1ccc(Nc2ccc([N+]#N)cc2)cc1.[Cl-].[Cl-].[Cl-].[Cl-].[Cl-].[Cl-].[Zn+2].[Zn+2]. The maximum atomic E-state index is 8.55. The van der Waals surface area contributed by atoms with E-state index in [0.29, 0.717) is 11.4 Å². The Kier molecular flexibility index (Phi) is 42.8. The summed E-state index contributed by atoms with van der Waals surface area (Å²) >= 11 is 0. The molecule has 1 N–H and O–H groups in total. The van der Waals surface area contributed by atoms with Crippen molar-refractivity contribution in [2.24, 2.45) is 0 Å². The van der Waals surface area contributed by atoms with Gasteiger partial charge in [0, 0.05) is 35.6 Å². The van der Waals surface area contributed by atoms with E-state index in [1.165, 1.54) is 0 Å². The minimum absolute atomic E-state index is 0. The van der Waals surface area contributed by atoms with E-state index in [-0.39, 0.29) is 113 Å². The van der Waals surface area contributed by atoms with Crippen molar-refractivity contribution in [2.45, 2.75) is 0 Å². The quantitative estimate of drug-likeness (QED) is 0.290. The van der Waals surface area contributed by atoms with Crippen LogP contribution in [0.3, 0.4) is 0 Å². The van der Waals surface area contributed by atoms with E-state index in [4.69, 9.17) is 10.8 Å². The summed E-state index contributed by atoms with van der Waals surface area (Å²) in [4.78, 5) is 6.15. The molecule has 0 bridgehead atoms. The van der Waals surface area contributed by atoms with Gasteiger partial charge in [-0.05, 0) is 24.3 Å². The summed E-state index contributed by atoms with van der Waals surface area (Å²) in [6.07, 6.45) is 0. The third kappa shape index (κ3) is 14.9. The van der Waals surface area contributed by atoms with Crippen LogP contribution in [0.1, 0.15) is 0 Å². The molecule has 128 valence electrons. The first kappa shape index (κ1) is 44.5. The molecule has 25 heavy (non-hydrogen) atoms. The van der Waals surface area contributed by atoms with E-state index in [2.05, 4.69) is 15.3 Å². The van der Waals surface area contributed by atoms with Gasteiger partial charge in [0.1, 0.15) is 0 Å². The van der Waals surface area contributed by atoms with Crippen LogP contribution in [0, 0.1) is 10.8 Å². The van der Waals surface area contributed by atoms with Crippen molar-refractivity contribution >= 4 is 22.7 Å². The van der Waals surface area contributed by atoms with E-state index in [1.54, 1.807) is 48.5 Å². The van der Waals surface area contributed by atoms with E-state index in [9.17, 15) is 0 Å². The van der Waals surface area contributed by atoms with Crippen molar-refractivity contribution in [2.75, 3.05) is 5.32 Å². The number of halogens is 6. The van der Waals surface area contributed by atoms with E-state index in [1.807, 2.05) is 0 Å². The molecule has 0 aliphatic heterocycles. The Bertz CT molecular complexity index is 560. The molecular formula is C12H9Cl6N5Zn2. The van der Waals surface area contributed by atoms with Gasteiger partial charge in [0.2, 0.25) is 10.8 Å². The van der Waals surface area contributed by atoms with Gasteiger partial charge in [-0.3, -0.25) is 0 Å². The molecule has 0 amide bonds. The monoisotopic (exact) mass is 561 g/mol. The predicted molar refractivity (Wildman–Crippen MR) is 65.7 cm³/mol. The van der Waals surface area contributed by atoms with Gasteiger partial charge in [-0.2, -0.15) is 0 Å². The molecule has 0 radical (unpaired) electrons. The fourth-order valence-electron chi connectivity index (χ4n) is 1.39. The maximum Gasteiger partial charge on any atom is 2.00 e. The van der Waals surface area contributed by atoms with Crippen LogP contribution in [0.15, 0.2) is 48.5 Å². The number of diazo groups is 2. The van der Waals surface area contributed by atoms with Gasteiger partial charge in [0.15, 0.2) is 9.95 Å². The molecule has 13 heteroatoms. The minimum atomic E-state index is 0. The average molecular weight is 567 g/mol. The first-order valence-electron chi connectivity index (χ1n) is 4.99. The number of hydrogen-bond donors (Lipinski definition) is 1. The molecule has 0 atom stereocenters. The summed E-state index contributed by atoms with van der Waals surface area (Å²) in [5, 5.41) is 20.3. The third-order valence-electron chi connectivity index (χ3n) is 2.25. The second-order valence-electron chi connectivity index (χ2n) is 3.42. The predicted octanol–water partition coefficient (Wildman–Crippen LogP) is -13.6. The zero-order valence-corrected chi connectivity index (χ0v) is 23.1. The average Bonchev–Trinajstić information content (AvgIpc) is 2.40. The molecule has 5 nitrogen and oxygen atoms in total. The summed E-state index contributed by atoms with van der Waals surface area (Å²) in [5.41, 5.74) is 2.77. The van der Waals surface area contributed by atoms with Crippen molar-refractivity contribution in [3.05, 3.63) is 58.5 Å². The second-order valence-corrected chi connectivity index (χ2v) is 3.42. The van der Waals surface area contributed by atoms with Crippen molar-refractivity contribution in [3.8, 4) is 0 Å². The first-order valence-corrected chi connectivity index (χ1v) is 4.99. The fourth-order valence-corrected chi connectivity index (χ4v) is 1.39. The van der Waals surface area contributed by atoms with Crippen LogP contribution >= 0.6 is 0 Å². The zero-order chi connectivity index (χ0) is 12.1. The largest absolute Gasteiger partial charge is 2.00 e. The minimum Gasteiger partial charge on any atom is -1.00 e. The molecule has 0 saturated heterocycles. The van der Waals surface area contributed by atoms with Crippen LogP contribution in [0.25, 0.3) is 9.95 Å². The Balaban J connectivity index is -0.0000000810. The van der Waals surface area contributed by atoms with Gasteiger partial charge in [0.25, 0.3) is 0 Å². The standard InChI is InChI=1S/C12H9N5.6ClH.2Zn/c13-16-11-5-1-9(2-6-11)15-10-3-7-12(17-14)8-4-10;;;;;;;;/h1-8,15H;6*1H;;/q+2;;;;;;;2*+2/p-6. The van der Waals surface area contributed by atoms with E-state index in [0.717, 1.165) is 11.4 Å². The van der Waals surface area contributed by atoms with Crippen LogP contribution in [-0.4, -0.2) is 0 Å². The molecule has 0 spiro atoms. The Morgan fingerprint density at radius 3 is 0.960 bits per heavy atom. The first-order chi connectivity index (χ1) is 8.31. The number of benzene rings is 2. The van der Waals surface area contributed by atoms with E-state index < -0.39 is 0 Å². The van der Waals surface area contributed by atoms with Crippen LogP contribution in [-0.2, 0) is 39.0 Å². The summed E-state index contributed by atoms with van der Waals surface area (Å²) < 4.78 is 0. The Labute approximate surface area is 209 Å². The molecular weight excluding hydrogens is 558 g/mol. The van der Waals surface area contributed by atoms with Crippen molar-refractivity contribution < 1.29 is 113 Å². The van der Waals surface area contributed by atoms with Crippen LogP contribution in [0.4, 0.5) is 22.7 Å². The number of nitrogens with zero attached hydrogens (tertiary/aromatic N) is 4. The summed E-state index contributed by atoms with van der Waals surface area (Å²) in [6.45, 7) is 0. The fraction of sp³-hybridized carbons (Fsp3) is 0. The van der Waals surface area contributed by atoms with Crippen LogP contribution < -0.4 is 79.8 Å². The molecule has 0 aliphatic carbocycles. The van der Waals surface area contributed by atoms with Gasteiger partial charge in [0.05, 0.1) is 0 Å². The number of nitrogens with one attached hydrogen (secondary N) is 1. The normalized spacial score (nSPS) is 6.16. The number of rotatable bonds is 2. The van der Waals surface area contributed by atoms with Crippen molar-refractivity contribution in [3.63, 3.8) is 0 Å². The molecule has 2 aromatic carbocycles. The smallest absolute Gasteiger partial charge is 1.00 e.